The van der Waals surface area contributed by atoms with Crippen molar-refractivity contribution in [3.05, 3.63) is 137 Å². The summed E-state index contributed by atoms with van der Waals surface area (Å²) in [5, 5.41) is 0. The van der Waals surface area contributed by atoms with E-state index in [1.807, 2.05) is 85.5 Å². The Morgan fingerprint density at radius 1 is 0.944 bits per heavy atom. The van der Waals surface area contributed by atoms with E-state index in [1.165, 1.54) is 7.11 Å². The zero-order valence-electron chi connectivity index (χ0n) is 20.0. The lowest BCUT2D eigenvalue weighted by molar-refractivity contribution is 0.0752. The number of carbonyl (C=O) groups excluding carboxylic acids is 2. The van der Waals surface area contributed by atoms with Gasteiger partial charge in [-0.05, 0) is 54.8 Å². The third-order valence-corrected chi connectivity index (χ3v) is 6.13. The number of amides is 1. The molecule has 0 saturated carbocycles. The second-order valence-electron chi connectivity index (χ2n) is 8.27. The van der Waals surface area contributed by atoms with Crippen molar-refractivity contribution in [2.24, 2.45) is 0 Å². The molecule has 0 spiro atoms. The molecule has 3 aromatic rings. The predicted molar refractivity (Wildman–Crippen MR) is 143 cm³/mol. The van der Waals surface area contributed by atoms with Gasteiger partial charge in [0, 0.05) is 11.3 Å². The smallest absolute Gasteiger partial charge is 0.437 e. The molecule has 1 heterocycles. The van der Waals surface area contributed by atoms with Gasteiger partial charge in [-0.3, -0.25) is 9.69 Å². The number of nitrogens with zero attached hydrogens (tertiary/aromatic N) is 1. The van der Waals surface area contributed by atoms with Crippen LogP contribution in [0.1, 0.15) is 47.0 Å². The van der Waals surface area contributed by atoms with Crippen LogP contribution in [0.4, 0.5) is 4.79 Å². The lowest BCUT2D eigenvalue weighted by atomic mass is 9.76. The molecular weight excluding hydrogens is 450 g/mol. The largest absolute Gasteiger partial charge is 0.513 e. The van der Waals surface area contributed by atoms with Crippen molar-refractivity contribution in [2.75, 3.05) is 7.11 Å². The highest BCUT2D eigenvalue weighted by atomic mass is 16.7. The van der Waals surface area contributed by atoms with Gasteiger partial charge in [-0.2, -0.15) is 0 Å². The van der Waals surface area contributed by atoms with Crippen molar-refractivity contribution in [2.45, 2.75) is 26.8 Å². The summed E-state index contributed by atoms with van der Waals surface area (Å²) < 4.78 is 9.80. The first-order valence-electron chi connectivity index (χ1n) is 11.3. The van der Waals surface area contributed by atoms with Crippen LogP contribution in [0.3, 0.4) is 0 Å². The Balaban J connectivity index is 0.00000361. The number of aryl methyl sites for hydroxylation is 1. The van der Waals surface area contributed by atoms with Gasteiger partial charge in [0.15, 0.2) is 0 Å². The number of carbonyl (C=O) groups is 2. The van der Waals surface area contributed by atoms with E-state index in [-0.39, 0.29) is 13.3 Å². The quantitative estimate of drug-likeness (QED) is 0.213. The van der Waals surface area contributed by atoms with Gasteiger partial charge in [0.2, 0.25) is 0 Å². The van der Waals surface area contributed by atoms with Gasteiger partial charge >= 0.3 is 6.16 Å². The minimum Gasteiger partial charge on any atom is -0.437 e. The zero-order valence-corrected chi connectivity index (χ0v) is 20.0. The molecule has 184 valence electrons. The Hall–Kier alpha value is -4.38. The van der Waals surface area contributed by atoms with E-state index >= 15 is 0 Å². The molecule has 3 aromatic carbocycles. The van der Waals surface area contributed by atoms with E-state index in [2.05, 4.69) is 23.4 Å². The van der Waals surface area contributed by atoms with E-state index in [1.54, 1.807) is 18.2 Å². The van der Waals surface area contributed by atoms with Gasteiger partial charge in [-0.25, -0.2) is 4.79 Å². The minimum atomic E-state index is -0.923. The molecule has 1 unspecified atom stereocenters. The number of hydrogen-bond donors (Lipinski definition) is 0. The Kier molecular flexibility index (Phi) is 7.95. The van der Waals surface area contributed by atoms with Crippen LogP contribution < -0.4 is 4.74 Å². The lowest BCUT2D eigenvalue weighted by Gasteiger charge is -2.41. The van der Waals surface area contributed by atoms with Crippen molar-refractivity contribution in [1.82, 2.24) is 4.90 Å². The summed E-state index contributed by atoms with van der Waals surface area (Å²) in [5.74, 6) is 0.266. The molecular formula is C31H31NO4. The van der Waals surface area contributed by atoms with Crippen LogP contribution in [0, 0.1) is 6.92 Å². The first-order valence-corrected chi connectivity index (χ1v) is 11.3. The second kappa shape index (κ2) is 10.9. The molecule has 1 amide bonds. The van der Waals surface area contributed by atoms with Crippen molar-refractivity contribution >= 4 is 12.1 Å². The molecule has 1 aliphatic rings. The van der Waals surface area contributed by atoms with Crippen LogP contribution in [0.15, 0.2) is 109 Å². The summed E-state index contributed by atoms with van der Waals surface area (Å²) in [4.78, 5) is 27.3. The van der Waals surface area contributed by atoms with E-state index in [0.29, 0.717) is 11.3 Å². The van der Waals surface area contributed by atoms with Crippen LogP contribution >= 0.6 is 0 Å². The summed E-state index contributed by atoms with van der Waals surface area (Å²) in [6, 6.07) is 23.1. The third kappa shape index (κ3) is 4.48. The molecule has 1 atom stereocenters. The number of methoxy groups -OCH3 is 1. The standard InChI is InChI=1S/C30H27NO4.CH4/c1-5-6-7-10-22(3)31-28(32)26-11-8-9-12-27(26)30(31,23-15-13-21(2)14-16-23)24-17-19-25(20-18-24)35-29(33)34-4;/h5-20H,1H2,2-4H3;1H4/b7-6-,22-10+;. The molecule has 0 aliphatic carbocycles. The van der Waals surface area contributed by atoms with Crippen molar-refractivity contribution in [1.29, 1.82) is 0 Å². The summed E-state index contributed by atoms with van der Waals surface area (Å²) in [5.41, 5.74) is 4.31. The first kappa shape index (κ1) is 26.2. The Bertz CT molecular complexity index is 1320. The molecule has 0 N–H and O–H groups in total. The summed E-state index contributed by atoms with van der Waals surface area (Å²) in [7, 11) is 1.26. The fourth-order valence-corrected chi connectivity index (χ4v) is 4.58. The SMILES string of the molecule is C.C=C/C=C\C=C(/C)N1C(=O)c2ccccc2C1(c1ccc(C)cc1)c1ccc(OC(=O)OC)cc1. The number of ether oxygens (including phenoxy) is 2. The molecule has 0 fully saturated rings. The van der Waals surface area contributed by atoms with Gasteiger partial charge < -0.3 is 9.47 Å². The second-order valence-corrected chi connectivity index (χ2v) is 8.27. The molecule has 0 radical (unpaired) electrons. The van der Waals surface area contributed by atoms with Crippen LogP contribution in [0.25, 0.3) is 0 Å². The molecule has 5 nitrogen and oxygen atoms in total. The summed E-state index contributed by atoms with van der Waals surface area (Å²) >= 11 is 0. The highest BCUT2D eigenvalue weighted by molar-refractivity contribution is 6.02. The molecule has 0 aromatic heterocycles. The van der Waals surface area contributed by atoms with E-state index in [0.717, 1.165) is 28.0 Å². The van der Waals surface area contributed by atoms with Gasteiger partial charge in [-0.1, -0.05) is 92.4 Å². The number of hydrogen-bond acceptors (Lipinski definition) is 4. The number of allylic oxidation sites excluding steroid dienone is 5. The van der Waals surface area contributed by atoms with E-state index < -0.39 is 11.7 Å². The Morgan fingerprint density at radius 3 is 2.17 bits per heavy atom. The normalized spacial score (nSPS) is 16.9. The zero-order chi connectivity index (χ0) is 25.0. The number of benzene rings is 3. The highest BCUT2D eigenvalue weighted by Crippen LogP contribution is 2.51. The molecule has 1 aliphatic heterocycles. The molecule has 4 rings (SSSR count). The van der Waals surface area contributed by atoms with Crippen LogP contribution in [-0.2, 0) is 10.3 Å². The number of fused-ring (bicyclic) bond motifs is 1. The summed E-state index contributed by atoms with van der Waals surface area (Å²) in [6.45, 7) is 7.69. The average molecular weight is 482 g/mol. The third-order valence-electron chi connectivity index (χ3n) is 6.13. The average Bonchev–Trinajstić information content (AvgIpc) is 3.14. The van der Waals surface area contributed by atoms with Gasteiger partial charge in [0.25, 0.3) is 5.91 Å². The Labute approximate surface area is 213 Å². The Morgan fingerprint density at radius 2 is 1.56 bits per heavy atom. The molecule has 0 bridgehead atoms. The van der Waals surface area contributed by atoms with Crippen LogP contribution in [0.2, 0.25) is 0 Å². The highest BCUT2D eigenvalue weighted by Gasteiger charge is 2.52. The summed E-state index contributed by atoms with van der Waals surface area (Å²) in [6.07, 6.45) is 6.50. The molecule has 5 heteroatoms. The monoisotopic (exact) mass is 481 g/mol. The molecule has 0 saturated heterocycles. The topological polar surface area (TPSA) is 55.8 Å². The van der Waals surface area contributed by atoms with Gasteiger partial charge in [0.1, 0.15) is 11.3 Å². The van der Waals surface area contributed by atoms with Gasteiger partial charge in [-0.15, -0.1) is 0 Å². The van der Waals surface area contributed by atoms with E-state index in [9.17, 15) is 9.59 Å². The fourth-order valence-electron chi connectivity index (χ4n) is 4.58. The van der Waals surface area contributed by atoms with E-state index in [4.69, 9.17) is 4.74 Å². The maximum atomic E-state index is 13.9. The van der Waals surface area contributed by atoms with Gasteiger partial charge in [0.05, 0.1) is 7.11 Å². The number of rotatable bonds is 6. The van der Waals surface area contributed by atoms with Crippen LogP contribution in [0.5, 0.6) is 5.75 Å². The van der Waals surface area contributed by atoms with Crippen molar-refractivity contribution in [3.8, 4) is 5.75 Å². The maximum absolute atomic E-state index is 13.9. The fraction of sp³-hybridized carbons (Fsp3) is 0.161. The molecule has 36 heavy (non-hydrogen) atoms. The van der Waals surface area contributed by atoms with Crippen LogP contribution in [-0.4, -0.2) is 24.1 Å². The maximum Gasteiger partial charge on any atom is 0.513 e. The van der Waals surface area contributed by atoms with Crippen molar-refractivity contribution < 1.29 is 19.1 Å². The predicted octanol–water partition coefficient (Wildman–Crippen LogP) is 7.17. The van der Waals surface area contributed by atoms with Crippen molar-refractivity contribution in [3.63, 3.8) is 0 Å². The first-order chi connectivity index (χ1) is 16.9. The minimum absolute atomic E-state index is 0. The lowest BCUT2D eigenvalue weighted by Crippen LogP contribution is -2.44.